The summed E-state index contributed by atoms with van der Waals surface area (Å²) in [4.78, 5) is 4.11. The average Bonchev–Trinajstić information content (AvgIpc) is 3.17. The van der Waals surface area contributed by atoms with Gasteiger partial charge in [-0.3, -0.25) is 4.72 Å². The molecule has 25 heavy (non-hydrogen) atoms. The number of benzene rings is 1. The minimum atomic E-state index is -4.39. The van der Waals surface area contributed by atoms with Crippen LogP contribution in [0.15, 0.2) is 43.7 Å². The van der Waals surface area contributed by atoms with Gasteiger partial charge in [0.2, 0.25) is 0 Å². The molecule has 0 bridgehead atoms. The lowest BCUT2D eigenvalue weighted by Crippen LogP contribution is -2.03. The first kappa shape index (κ1) is 18.1. The summed E-state index contributed by atoms with van der Waals surface area (Å²) < 4.78 is 58.7. The summed E-state index contributed by atoms with van der Waals surface area (Å²) in [5.41, 5.74) is 0.385. The monoisotopic (exact) mass is 451 g/mol. The summed E-state index contributed by atoms with van der Waals surface area (Å²) in [6, 6.07) is 4.64. The fraction of sp³-hybridized carbons (Fsp3) is 0.143. The Balaban J connectivity index is 1.78. The van der Waals surface area contributed by atoms with E-state index in [4.69, 9.17) is 4.52 Å². The fourth-order valence-corrected chi connectivity index (χ4v) is 4.09. The molecule has 0 fully saturated rings. The highest BCUT2D eigenvalue weighted by atomic mass is 79.9. The van der Waals surface area contributed by atoms with Crippen molar-refractivity contribution in [2.24, 2.45) is 0 Å². The highest BCUT2D eigenvalue weighted by Gasteiger charge is 2.30. The molecule has 3 aromatic rings. The van der Waals surface area contributed by atoms with Crippen LogP contribution in [0.2, 0.25) is 0 Å². The Morgan fingerprint density at radius 2 is 1.96 bits per heavy atom. The number of aromatic nitrogens is 2. The first-order valence-corrected chi connectivity index (χ1v) is 9.45. The first-order valence-electron chi connectivity index (χ1n) is 6.69. The molecule has 2 aromatic heterocycles. The predicted octanol–water partition coefficient (Wildman–Crippen LogP) is 5.02. The molecule has 2 heterocycles. The van der Waals surface area contributed by atoms with Gasteiger partial charge in [-0.15, -0.1) is 11.3 Å². The van der Waals surface area contributed by atoms with Crippen LogP contribution >= 0.6 is 27.3 Å². The van der Waals surface area contributed by atoms with E-state index in [-0.39, 0.29) is 5.88 Å². The number of halogens is 4. The maximum Gasteiger partial charge on any atom is 0.416 e. The SMILES string of the molecule is Cc1noc(NS(=O)c2cnc(-c3ccc(C(F)(F)F)cc3)s2)c1Br. The Kier molecular flexibility index (Phi) is 4.98. The van der Waals surface area contributed by atoms with Gasteiger partial charge in [-0.2, -0.15) is 13.2 Å². The summed E-state index contributed by atoms with van der Waals surface area (Å²) in [7, 11) is -1.64. The molecule has 1 atom stereocenters. The number of hydrogen-bond donors (Lipinski definition) is 1. The van der Waals surface area contributed by atoms with Crippen LogP contribution in [0.5, 0.6) is 0 Å². The van der Waals surface area contributed by atoms with Crippen molar-refractivity contribution in [2.75, 3.05) is 4.72 Å². The van der Waals surface area contributed by atoms with Gasteiger partial charge in [0.05, 0.1) is 17.5 Å². The quantitative estimate of drug-likeness (QED) is 0.604. The zero-order valence-corrected chi connectivity index (χ0v) is 15.6. The molecule has 0 saturated heterocycles. The summed E-state index contributed by atoms with van der Waals surface area (Å²) in [6.07, 6.45) is -2.99. The van der Waals surface area contributed by atoms with Gasteiger partial charge in [0.1, 0.15) is 13.7 Å². The second kappa shape index (κ2) is 6.89. The molecule has 0 radical (unpaired) electrons. The zero-order chi connectivity index (χ0) is 18.2. The molecule has 1 aromatic carbocycles. The van der Waals surface area contributed by atoms with Crippen molar-refractivity contribution in [3.63, 3.8) is 0 Å². The Bertz CT molecular complexity index is 922. The number of thiazole rings is 1. The summed E-state index contributed by atoms with van der Waals surface area (Å²) in [6.45, 7) is 1.72. The summed E-state index contributed by atoms with van der Waals surface area (Å²) >= 11 is 4.37. The number of rotatable bonds is 4. The lowest BCUT2D eigenvalue weighted by molar-refractivity contribution is -0.137. The van der Waals surface area contributed by atoms with E-state index in [0.29, 0.717) is 24.9 Å². The van der Waals surface area contributed by atoms with E-state index in [1.54, 1.807) is 6.92 Å². The van der Waals surface area contributed by atoms with E-state index in [1.807, 2.05) is 0 Å². The van der Waals surface area contributed by atoms with Gasteiger partial charge in [-0.05, 0) is 35.0 Å². The Labute approximate surface area is 155 Å². The van der Waals surface area contributed by atoms with Crippen LogP contribution < -0.4 is 4.72 Å². The van der Waals surface area contributed by atoms with Crippen molar-refractivity contribution in [3.8, 4) is 10.6 Å². The van der Waals surface area contributed by atoms with E-state index in [9.17, 15) is 17.4 Å². The van der Waals surface area contributed by atoms with Crippen LogP contribution in [-0.4, -0.2) is 14.3 Å². The number of hydrogen-bond acceptors (Lipinski definition) is 5. The van der Waals surface area contributed by atoms with E-state index in [2.05, 4.69) is 30.8 Å². The van der Waals surface area contributed by atoms with Gasteiger partial charge >= 0.3 is 6.18 Å². The van der Waals surface area contributed by atoms with E-state index in [0.717, 1.165) is 23.5 Å². The highest BCUT2D eigenvalue weighted by Crippen LogP contribution is 2.33. The number of anilines is 1. The number of nitrogens with zero attached hydrogens (tertiary/aromatic N) is 2. The lowest BCUT2D eigenvalue weighted by Gasteiger charge is -2.06. The van der Waals surface area contributed by atoms with Gasteiger partial charge in [0.25, 0.3) is 5.88 Å². The molecule has 0 aliphatic carbocycles. The van der Waals surface area contributed by atoms with Crippen LogP contribution in [-0.2, 0) is 17.2 Å². The molecule has 132 valence electrons. The van der Waals surface area contributed by atoms with Gasteiger partial charge in [-0.1, -0.05) is 17.3 Å². The molecule has 1 N–H and O–H groups in total. The van der Waals surface area contributed by atoms with Crippen LogP contribution in [0.3, 0.4) is 0 Å². The minimum absolute atomic E-state index is 0.223. The van der Waals surface area contributed by atoms with Crippen molar-refractivity contribution >= 4 is 44.1 Å². The van der Waals surface area contributed by atoms with Crippen molar-refractivity contribution in [1.29, 1.82) is 0 Å². The third kappa shape index (κ3) is 3.93. The topological polar surface area (TPSA) is 68.0 Å². The number of alkyl halides is 3. The predicted molar refractivity (Wildman–Crippen MR) is 91.5 cm³/mol. The lowest BCUT2D eigenvalue weighted by atomic mass is 10.1. The molecule has 0 aliphatic rings. The maximum atomic E-state index is 12.6. The average molecular weight is 452 g/mol. The van der Waals surface area contributed by atoms with Gasteiger partial charge in [-0.25, -0.2) is 9.19 Å². The largest absolute Gasteiger partial charge is 0.416 e. The van der Waals surface area contributed by atoms with Crippen LogP contribution in [0, 0.1) is 6.92 Å². The van der Waals surface area contributed by atoms with Crippen molar-refractivity contribution < 1.29 is 21.9 Å². The number of nitrogens with one attached hydrogen (secondary N) is 1. The molecule has 0 aliphatic heterocycles. The highest BCUT2D eigenvalue weighted by molar-refractivity contribution is 9.10. The van der Waals surface area contributed by atoms with Crippen LogP contribution in [0.1, 0.15) is 11.3 Å². The van der Waals surface area contributed by atoms with Crippen LogP contribution in [0.4, 0.5) is 19.1 Å². The second-order valence-corrected chi connectivity index (χ2v) is 8.10. The Morgan fingerprint density at radius 3 is 2.52 bits per heavy atom. The standard InChI is InChI=1S/C14H9BrF3N3O2S2/c1-7-11(15)12(23-20-7)21-25(22)10-6-19-13(24-10)8-2-4-9(5-3-8)14(16,17)18/h2-6,21H,1H3. The Hall–Kier alpha value is -1.72. The maximum absolute atomic E-state index is 12.6. The molecule has 3 rings (SSSR count). The molecule has 11 heteroatoms. The van der Waals surface area contributed by atoms with Gasteiger partial charge < -0.3 is 4.52 Å². The van der Waals surface area contributed by atoms with E-state index in [1.165, 1.54) is 18.3 Å². The van der Waals surface area contributed by atoms with E-state index >= 15 is 0 Å². The molecular formula is C14H9BrF3N3O2S2. The van der Waals surface area contributed by atoms with Crippen molar-refractivity contribution in [2.45, 2.75) is 17.3 Å². The van der Waals surface area contributed by atoms with Crippen LogP contribution in [0.25, 0.3) is 10.6 Å². The molecule has 1 unspecified atom stereocenters. The van der Waals surface area contributed by atoms with Gasteiger partial charge in [0, 0.05) is 5.56 Å². The summed E-state index contributed by atoms with van der Waals surface area (Å²) in [5, 5.41) is 4.19. The van der Waals surface area contributed by atoms with Gasteiger partial charge in [0.15, 0.2) is 11.0 Å². The smallest absolute Gasteiger partial charge is 0.336 e. The Morgan fingerprint density at radius 1 is 1.28 bits per heavy atom. The molecule has 5 nitrogen and oxygen atoms in total. The molecule has 0 spiro atoms. The third-order valence-corrected chi connectivity index (χ3v) is 6.42. The summed E-state index contributed by atoms with van der Waals surface area (Å²) in [5.74, 6) is 0.223. The van der Waals surface area contributed by atoms with Crippen molar-refractivity contribution in [1.82, 2.24) is 10.1 Å². The third-order valence-electron chi connectivity index (χ3n) is 3.10. The molecular weight excluding hydrogens is 443 g/mol. The molecule has 0 saturated carbocycles. The molecule has 0 amide bonds. The van der Waals surface area contributed by atoms with E-state index < -0.39 is 22.7 Å². The zero-order valence-electron chi connectivity index (χ0n) is 12.4. The first-order chi connectivity index (χ1) is 11.8. The second-order valence-electron chi connectivity index (χ2n) is 4.84. The normalized spacial score (nSPS) is 13.0. The number of aryl methyl sites for hydroxylation is 1. The minimum Gasteiger partial charge on any atom is -0.336 e. The van der Waals surface area contributed by atoms with Crippen molar-refractivity contribution in [3.05, 3.63) is 46.2 Å². The fourth-order valence-electron chi connectivity index (χ4n) is 1.84.